The van der Waals surface area contributed by atoms with Crippen molar-refractivity contribution in [3.8, 4) is 5.75 Å². The average Bonchev–Trinajstić information content (AvgIpc) is 2.74. The van der Waals surface area contributed by atoms with Gasteiger partial charge in [-0.25, -0.2) is 0 Å². The number of ketones is 2. The van der Waals surface area contributed by atoms with Crippen LogP contribution in [0.2, 0.25) is 0 Å². The summed E-state index contributed by atoms with van der Waals surface area (Å²) in [5, 5.41) is 0. The molecule has 5 nitrogen and oxygen atoms in total. The molecule has 0 bridgehead atoms. The zero-order valence-electron chi connectivity index (χ0n) is 14.9. The molecule has 28 heavy (non-hydrogen) atoms. The summed E-state index contributed by atoms with van der Waals surface area (Å²) in [4.78, 5) is 42.8. The summed E-state index contributed by atoms with van der Waals surface area (Å²) >= 11 is 0. The van der Waals surface area contributed by atoms with Gasteiger partial charge in [-0.2, -0.15) is 0 Å². The molecular formula is C23H17NO4. The second kappa shape index (κ2) is 7.56. The van der Waals surface area contributed by atoms with E-state index < -0.39 is 17.8 Å². The van der Waals surface area contributed by atoms with Gasteiger partial charge in [-0.3, -0.25) is 19.4 Å². The Balaban J connectivity index is 1.74. The number of carbonyl (C=O) groups is 3. The van der Waals surface area contributed by atoms with Crippen LogP contribution in [0, 0.1) is 5.92 Å². The van der Waals surface area contributed by atoms with Crippen molar-refractivity contribution in [1.29, 1.82) is 0 Å². The van der Waals surface area contributed by atoms with E-state index in [1.807, 2.05) is 0 Å². The molecule has 1 aliphatic heterocycles. The van der Waals surface area contributed by atoms with Crippen LogP contribution in [0.15, 0.2) is 79.0 Å². The normalized spacial score (nSPS) is 18.1. The molecule has 0 amide bonds. The summed E-state index contributed by atoms with van der Waals surface area (Å²) in [5.74, 6) is -2.50. The minimum atomic E-state index is -1.08. The number of benzene rings is 2. The Morgan fingerprint density at radius 1 is 0.893 bits per heavy atom. The van der Waals surface area contributed by atoms with Gasteiger partial charge < -0.3 is 4.74 Å². The lowest BCUT2D eigenvalue weighted by molar-refractivity contribution is -0.139. The zero-order chi connectivity index (χ0) is 19.5. The quantitative estimate of drug-likeness (QED) is 0.295. The van der Waals surface area contributed by atoms with Crippen molar-refractivity contribution in [2.75, 3.05) is 0 Å². The molecule has 0 spiro atoms. The Morgan fingerprint density at radius 3 is 2.36 bits per heavy atom. The Morgan fingerprint density at radius 2 is 1.61 bits per heavy atom. The maximum atomic E-state index is 13.1. The molecule has 0 fully saturated rings. The molecule has 1 aromatic heterocycles. The molecule has 0 saturated heterocycles. The third-order valence-electron chi connectivity index (χ3n) is 4.88. The van der Waals surface area contributed by atoms with Gasteiger partial charge >= 0.3 is 5.97 Å². The molecule has 5 heteroatoms. The fourth-order valence-corrected chi connectivity index (χ4v) is 3.53. The summed E-state index contributed by atoms with van der Waals surface area (Å²) in [6, 6.07) is 20.7. The number of fused-ring (bicyclic) bond motifs is 1. The van der Waals surface area contributed by atoms with E-state index in [4.69, 9.17) is 4.74 Å². The highest BCUT2D eigenvalue weighted by Gasteiger charge is 2.43. The van der Waals surface area contributed by atoms with E-state index >= 15 is 0 Å². The fraction of sp³-hybridized carbons (Fsp3) is 0.130. The van der Waals surface area contributed by atoms with Crippen LogP contribution in [-0.2, 0) is 4.79 Å². The number of esters is 1. The largest absolute Gasteiger partial charge is 0.426 e. The van der Waals surface area contributed by atoms with Gasteiger partial charge in [0.05, 0.1) is 0 Å². The molecule has 0 N–H and O–H groups in total. The van der Waals surface area contributed by atoms with Gasteiger partial charge in [-0.1, -0.05) is 54.6 Å². The van der Waals surface area contributed by atoms with E-state index in [2.05, 4.69) is 4.98 Å². The van der Waals surface area contributed by atoms with Crippen molar-refractivity contribution in [1.82, 2.24) is 4.98 Å². The summed E-state index contributed by atoms with van der Waals surface area (Å²) < 4.78 is 5.42. The summed E-state index contributed by atoms with van der Waals surface area (Å²) in [7, 11) is 0. The number of ether oxygens (including phenoxy) is 1. The van der Waals surface area contributed by atoms with Crippen molar-refractivity contribution >= 4 is 17.5 Å². The highest BCUT2D eigenvalue weighted by atomic mass is 16.5. The van der Waals surface area contributed by atoms with Crippen LogP contribution in [0.1, 0.15) is 38.7 Å². The number of aromatic nitrogens is 1. The van der Waals surface area contributed by atoms with Gasteiger partial charge in [0, 0.05) is 24.1 Å². The first-order chi connectivity index (χ1) is 13.6. The lowest BCUT2D eigenvalue weighted by atomic mass is 9.76. The van der Waals surface area contributed by atoms with Gasteiger partial charge in [-0.15, -0.1) is 0 Å². The highest BCUT2D eigenvalue weighted by molar-refractivity contribution is 6.11. The number of pyridine rings is 1. The summed E-state index contributed by atoms with van der Waals surface area (Å²) in [5.41, 5.74) is 1.41. The molecule has 138 valence electrons. The molecule has 2 heterocycles. The van der Waals surface area contributed by atoms with Gasteiger partial charge in [0.2, 0.25) is 0 Å². The minimum Gasteiger partial charge on any atom is -0.426 e. The first-order valence-electron chi connectivity index (χ1n) is 8.99. The molecule has 2 unspecified atom stereocenters. The average molecular weight is 371 g/mol. The van der Waals surface area contributed by atoms with Crippen LogP contribution in [0.4, 0.5) is 0 Å². The van der Waals surface area contributed by atoms with Gasteiger partial charge in [0.1, 0.15) is 17.4 Å². The second-order valence-electron chi connectivity index (χ2n) is 6.62. The van der Waals surface area contributed by atoms with E-state index in [1.165, 1.54) is 0 Å². The zero-order valence-corrected chi connectivity index (χ0v) is 14.9. The predicted molar refractivity (Wildman–Crippen MR) is 102 cm³/mol. The number of para-hydroxylation sites is 1. The molecule has 1 aliphatic rings. The van der Waals surface area contributed by atoms with Crippen LogP contribution < -0.4 is 4.74 Å². The molecule has 4 rings (SSSR count). The fourth-order valence-electron chi connectivity index (χ4n) is 3.53. The van der Waals surface area contributed by atoms with Gasteiger partial charge in [0.25, 0.3) is 0 Å². The lowest BCUT2D eigenvalue weighted by Gasteiger charge is -2.30. The highest BCUT2D eigenvalue weighted by Crippen LogP contribution is 2.41. The number of carbonyl (C=O) groups excluding carboxylic acids is 3. The van der Waals surface area contributed by atoms with E-state index in [1.54, 1.807) is 79.0 Å². The molecule has 0 saturated carbocycles. The Bertz CT molecular complexity index is 1030. The van der Waals surface area contributed by atoms with Crippen molar-refractivity contribution in [3.63, 3.8) is 0 Å². The molecule has 0 radical (unpaired) electrons. The number of rotatable bonds is 5. The number of nitrogens with zero attached hydrogens (tertiary/aromatic N) is 1. The number of Topliss-reactive ketones (excluding diaryl/α,β-unsaturated/α-hetero) is 2. The third kappa shape index (κ3) is 3.34. The van der Waals surface area contributed by atoms with E-state index in [9.17, 15) is 14.4 Å². The first-order valence-corrected chi connectivity index (χ1v) is 8.99. The Kier molecular flexibility index (Phi) is 4.81. The maximum Gasteiger partial charge on any atom is 0.322 e. The van der Waals surface area contributed by atoms with Crippen molar-refractivity contribution in [2.45, 2.75) is 12.3 Å². The van der Waals surface area contributed by atoms with E-state index in [0.717, 1.165) is 0 Å². The molecule has 2 atom stereocenters. The standard InChI is InChI=1S/C23H17NO4/c25-19(18-11-6-7-13-24-18)14-17-16-10-4-5-12-20(16)28-23(27)21(17)22(26)15-8-2-1-3-9-15/h1-13,17,21H,14H2. The molecule has 3 aromatic rings. The topological polar surface area (TPSA) is 73.3 Å². The Labute approximate surface area is 162 Å². The number of hydrogen-bond donors (Lipinski definition) is 0. The van der Waals surface area contributed by atoms with Crippen LogP contribution in [0.3, 0.4) is 0 Å². The summed E-state index contributed by atoms with van der Waals surface area (Å²) in [6.45, 7) is 0. The van der Waals surface area contributed by atoms with Crippen LogP contribution >= 0.6 is 0 Å². The second-order valence-corrected chi connectivity index (χ2v) is 6.62. The van der Waals surface area contributed by atoms with Crippen molar-refractivity contribution in [3.05, 3.63) is 95.8 Å². The minimum absolute atomic E-state index is 0.00757. The Hall–Kier alpha value is -3.60. The molecular weight excluding hydrogens is 354 g/mol. The molecule has 0 aliphatic carbocycles. The maximum absolute atomic E-state index is 13.1. The van der Waals surface area contributed by atoms with Crippen LogP contribution in [-0.4, -0.2) is 22.5 Å². The SMILES string of the molecule is O=C(CC1c2ccccc2OC(=O)C1C(=O)c1ccccc1)c1ccccn1. The van der Waals surface area contributed by atoms with Gasteiger partial charge in [-0.05, 0) is 23.8 Å². The van der Waals surface area contributed by atoms with Crippen LogP contribution in [0.25, 0.3) is 0 Å². The van der Waals surface area contributed by atoms with Crippen LogP contribution in [0.5, 0.6) is 5.75 Å². The third-order valence-corrected chi connectivity index (χ3v) is 4.88. The first kappa shape index (κ1) is 17.8. The lowest BCUT2D eigenvalue weighted by Crippen LogP contribution is -2.38. The smallest absolute Gasteiger partial charge is 0.322 e. The van der Waals surface area contributed by atoms with Crippen molar-refractivity contribution in [2.24, 2.45) is 5.92 Å². The molecule has 2 aromatic carbocycles. The van der Waals surface area contributed by atoms with Gasteiger partial charge in [0.15, 0.2) is 11.6 Å². The van der Waals surface area contributed by atoms with Crippen molar-refractivity contribution < 1.29 is 19.1 Å². The summed E-state index contributed by atoms with van der Waals surface area (Å²) in [6.07, 6.45) is 1.54. The van der Waals surface area contributed by atoms with E-state index in [-0.39, 0.29) is 18.0 Å². The van der Waals surface area contributed by atoms with E-state index in [0.29, 0.717) is 22.6 Å². The number of hydrogen-bond acceptors (Lipinski definition) is 5. The predicted octanol–water partition coefficient (Wildman–Crippen LogP) is 3.86. The monoisotopic (exact) mass is 371 g/mol.